The van der Waals surface area contributed by atoms with Gasteiger partial charge in [0.25, 0.3) is 0 Å². The summed E-state index contributed by atoms with van der Waals surface area (Å²) in [5.41, 5.74) is 2.58. The van der Waals surface area contributed by atoms with E-state index in [1.165, 1.54) is 49.2 Å². The number of para-hydroxylation sites is 1. The number of fused-ring (bicyclic) bond motifs is 4. The van der Waals surface area contributed by atoms with Crippen molar-refractivity contribution in [2.75, 3.05) is 19.6 Å². The Morgan fingerprint density at radius 1 is 1.19 bits per heavy atom. The summed E-state index contributed by atoms with van der Waals surface area (Å²) in [6, 6.07) is 8.56. The minimum absolute atomic E-state index is 0.774. The summed E-state index contributed by atoms with van der Waals surface area (Å²) in [5, 5.41) is 1.35. The minimum Gasteiger partial charge on any atom is -0.461 e. The fourth-order valence-electron chi connectivity index (χ4n) is 4.38. The van der Waals surface area contributed by atoms with E-state index in [4.69, 9.17) is 4.42 Å². The molecule has 112 valence electrons. The van der Waals surface area contributed by atoms with Crippen LogP contribution in [0.4, 0.5) is 0 Å². The quantitative estimate of drug-likeness (QED) is 0.824. The second-order valence-electron chi connectivity index (χ2n) is 7.37. The van der Waals surface area contributed by atoms with Crippen molar-refractivity contribution in [3.63, 3.8) is 0 Å². The number of rotatable bonds is 2. The molecule has 2 unspecified atom stereocenters. The summed E-state index contributed by atoms with van der Waals surface area (Å²) in [6.45, 7) is 8.46. The molecule has 4 rings (SSSR count). The van der Waals surface area contributed by atoms with E-state index in [-0.39, 0.29) is 0 Å². The summed E-state index contributed by atoms with van der Waals surface area (Å²) in [7, 11) is 0. The van der Waals surface area contributed by atoms with Gasteiger partial charge in [0.05, 0.1) is 0 Å². The lowest BCUT2D eigenvalue weighted by atomic mass is 9.74. The summed E-state index contributed by atoms with van der Waals surface area (Å²) in [4.78, 5) is 2.68. The standard InChI is InChI=1S/C19H25NO/c1-13(2)11-20-8-7-14-10-19-17(9-15(14)12-20)16-5-3-4-6-18(16)21-19/h3-6,13-15H,7-12H2,1-2H3. The zero-order chi connectivity index (χ0) is 14.4. The molecule has 0 bridgehead atoms. The van der Waals surface area contributed by atoms with Crippen molar-refractivity contribution >= 4 is 11.0 Å². The molecule has 1 aliphatic carbocycles. The van der Waals surface area contributed by atoms with E-state index < -0.39 is 0 Å². The second kappa shape index (κ2) is 5.17. The number of hydrogen-bond donors (Lipinski definition) is 0. The van der Waals surface area contributed by atoms with E-state index in [0.717, 1.165) is 29.8 Å². The highest BCUT2D eigenvalue weighted by molar-refractivity contribution is 5.82. The predicted octanol–water partition coefficient (Wildman–Crippen LogP) is 4.13. The Morgan fingerprint density at radius 2 is 2.05 bits per heavy atom. The molecule has 1 aliphatic heterocycles. The number of hydrogen-bond acceptors (Lipinski definition) is 2. The normalized spacial score (nSPS) is 26.0. The Hall–Kier alpha value is -1.28. The fraction of sp³-hybridized carbons (Fsp3) is 0.579. The van der Waals surface area contributed by atoms with Gasteiger partial charge in [-0.3, -0.25) is 0 Å². The van der Waals surface area contributed by atoms with E-state index in [2.05, 4.69) is 43.0 Å². The third-order valence-electron chi connectivity index (χ3n) is 5.29. The van der Waals surface area contributed by atoms with Crippen LogP contribution in [-0.4, -0.2) is 24.5 Å². The zero-order valence-electron chi connectivity index (χ0n) is 13.1. The first-order chi connectivity index (χ1) is 10.2. The summed E-state index contributed by atoms with van der Waals surface area (Å²) in [6.07, 6.45) is 3.71. The molecular formula is C19H25NO. The zero-order valence-corrected chi connectivity index (χ0v) is 13.1. The highest BCUT2D eigenvalue weighted by Gasteiger charge is 2.36. The van der Waals surface area contributed by atoms with Crippen LogP contribution in [0.2, 0.25) is 0 Å². The van der Waals surface area contributed by atoms with Gasteiger partial charge < -0.3 is 9.32 Å². The van der Waals surface area contributed by atoms with Crippen LogP contribution in [-0.2, 0) is 12.8 Å². The molecule has 2 aromatic rings. The molecular weight excluding hydrogens is 258 g/mol. The van der Waals surface area contributed by atoms with Crippen LogP contribution in [0, 0.1) is 17.8 Å². The Morgan fingerprint density at radius 3 is 2.90 bits per heavy atom. The van der Waals surface area contributed by atoms with Gasteiger partial charge in [-0.05, 0) is 43.2 Å². The SMILES string of the molecule is CC(C)CN1CCC2Cc3oc4ccccc4c3CC2C1. The lowest BCUT2D eigenvalue weighted by molar-refractivity contribution is 0.0980. The van der Waals surface area contributed by atoms with Crippen LogP contribution in [0.15, 0.2) is 28.7 Å². The third kappa shape index (κ3) is 2.40. The maximum Gasteiger partial charge on any atom is 0.134 e. The van der Waals surface area contributed by atoms with Crippen LogP contribution >= 0.6 is 0 Å². The summed E-state index contributed by atoms with van der Waals surface area (Å²) < 4.78 is 6.12. The molecule has 1 aromatic heterocycles. The number of piperidine rings is 1. The molecule has 0 spiro atoms. The lowest BCUT2D eigenvalue weighted by Gasteiger charge is -2.41. The van der Waals surface area contributed by atoms with Crippen molar-refractivity contribution in [1.29, 1.82) is 0 Å². The van der Waals surface area contributed by atoms with E-state index in [1.54, 1.807) is 0 Å². The van der Waals surface area contributed by atoms with Crippen LogP contribution in [0.1, 0.15) is 31.6 Å². The average molecular weight is 283 g/mol. The van der Waals surface area contributed by atoms with Crippen molar-refractivity contribution in [3.05, 3.63) is 35.6 Å². The largest absolute Gasteiger partial charge is 0.461 e. The number of nitrogens with zero attached hydrogens (tertiary/aromatic N) is 1. The first-order valence-corrected chi connectivity index (χ1v) is 8.42. The molecule has 2 atom stereocenters. The first kappa shape index (κ1) is 13.4. The Bertz CT molecular complexity index is 642. The smallest absolute Gasteiger partial charge is 0.134 e. The van der Waals surface area contributed by atoms with Gasteiger partial charge >= 0.3 is 0 Å². The minimum atomic E-state index is 0.774. The van der Waals surface area contributed by atoms with Gasteiger partial charge in [0.1, 0.15) is 11.3 Å². The van der Waals surface area contributed by atoms with Gasteiger partial charge in [0, 0.05) is 30.5 Å². The summed E-state index contributed by atoms with van der Waals surface area (Å²) >= 11 is 0. The van der Waals surface area contributed by atoms with E-state index in [9.17, 15) is 0 Å². The molecule has 21 heavy (non-hydrogen) atoms. The van der Waals surface area contributed by atoms with Gasteiger partial charge in [0.2, 0.25) is 0 Å². The number of benzene rings is 1. The monoisotopic (exact) mass is 283 g/mol. The first-order valence-electron chi connectivity index (χ1n) is 8.42. The van der Waals surface area contributed by atoms with E-state index in [1.807, 2.05) is 0 Å². The highest BCUT2D eigenvalue weighted by atomic mass is 16.3. The molecule has 0 radical (unpaired) electrons. The number of furan rings is 1. The number of likely N-dealkylation sites (tertiary alicyclic amines) is 1. The molecule has 2 nitrogen and oxygen atoms in total. The van der Waals surface area contributed by atoms with Crippen LogP contribution in [0.5, 0.6) is 0 Å². The highest BCUT2D eigenvalue weighted by Crippen LogP contribution is 2.40. The topological polar surface area (TPSA) is 16.4 Å². The van der Waals surface area contributed by atoms with Gasteiger partial charge in [0.15, 0.2) is 0 Å². The third-order valence-corrected chi connectivity index (χ3v) is 5.29. The Balaban J connectivity index is 1.60. The van der Waals surface area contributed by atoms with Crippen molar-refractivity contribution in [2.45, 2.75) is 33.1 Å². The lowest BCUT2D eigenvalue weighted by Crippen LogP contribution is -2.44. The van der Waals surface area contributed by atoms with Gasteiger partial charge in [-0.15, -0.1) is 0 Å². The molecule has 0 N–H and O–H groups in total. The molecule has 2 aliphatic rings. The molecule has 1 aromatic carbocycles. The van der Waals surface area contributed by atoms with E-state index in [0.29, 0.717) is 0 Å². The molecule has 0 amide bonds. The second-order valence-corrected chi connectivity index (χ2v) is 7.37. The molecule has 2 heteroatoms. The predicted molar refractivity (Wildman–Crippen MR) is 86.5 cm³/mol. The van der Waals surface area contributed by atoms with Crippen LogP contribution in [0.25, 0.3) is 11.0 Å². The van der Waals surface area contributed by atoms with Crippen LogP contribution < -0.4 is 0 Å². The van der Waals surface area contributed by atoms with E-state index >= 15 is 0 Å². The van der Waals surface area contributed by atoms with Crippen molar-refractivity contribution < 1.29 is 4.42 Å². The van der Waals surface area contributed by atoms with Gasteiger partial charge in [-0.1, -0.05) is 32.0 Å². The molecule has 2 heterocycles. The summed E-state index contributed by atoms with van der Waals surface area (Å²) in [5.74, 6) is 3.71. The molecule has 1 fully saturated rings. The average Bonchev–Trinajstić information content (AvgIpc) is 2.82. The maximum absolute atomic E-state index is 6.12. The maximum atomic E-state index is 6.12. The Labute approximate surface area is 127 Å². The Kier molecular flexibility index (Phi) is 3.30. The van der Waals surface area contributed by atoms with Gasteiger partial charge in [-0.25, -0.2) is 0 Å². The van der Waals surface area contributed by atoms with Crippen molar-refractivity contribution in [2.24, 2.45) is 17.8 Å². The van der Waals surface area contributed by atoms with Crippen molar-refractivity contribution in [1.82, 2.24) is 4.90 Å². The van der Waals surface area contributed by atoms with Gasteiger partial charge in [-0.2, -0.15) is 0 Å². The van der Waals surface area contributed by atoms with Crippen LogP contribution in [0.3, 0.4) is 0 Å². The fourth-order valence-corrected chi connectivity index (χ4v) is 4.38. The van der Waals surface area contributed by atoms with Crippen molar-refractivity contribution in [3.8, 4) is 0 Å². The molecule has 0 saturated carbocycles. The molecule has 1 saturated heterocycles.